The summed E-state index contributed by atoms with van der Waals surface area (Å²) < 4.78 is 5.57. The first kappa shape index (κ1) is 14.0. The molecule has 20 heavy (non-hydrogen) atoms. The van der Waals surface area contributed by atoms with Crippen LogP contribution in [0.2, 0.25) is 0 Å². The van der Waals surface area contributed by atoms with Crippen molar-refractivity contribution in [2.45, 2.75) is 13.0 Å². The summed E-state index contributed by atoms with van der Waals surface area (Å²) in [5.41, 5.74) is 0.429. The average Bonchev–Trinajstić information content (AvgIpc) is 2.48. The predicted molar refractivity (Wildman–Crippen MR) is 79.6 cm³/mol. The summed E-state index contributed by atoms with van der Waals surface area (Å²) in [6.45, 7) is 5.53. The summed E-state index contributed by atoms with van der Waals surface area (Å²) in [6.07, 6.45) is 1.58. The lowest BCUT2D eigenvalue weighted by Crippen LogP contribution is -2.19. The van der Waals surface area contributed by atoms with Crippen molar-refractivity contribution in [1.29, 1.82) is 0 Å². The third kappa shape index (κ3) is 3.76. The van der Waals surface area contributed by atoms with Gasteiger partial charge in [0.2, 0.25) is 0 Å². The van der Waals surface area contributed by atoms with E-state index in [9.17, 15) is 5.21 Å². The third-order valence-electron chi connectivity index (χ3n) is 2.61. The van der Waals surface area contributed by atoms with Crippen LogP contribution >= 0.6 is 0 Å². The van der Waals surface area contributed by atoms with Crippen LogP contribution in [0.25, 0.3) is 0 Å². The van der Waals surface area contributed by atoms with Gasteiger partial charge in [-0.2, -0.15) is 0 Å². The molecule has 104 valence electrons. The Labute approximate surface area is 118 Å². The molecule has 4 heteroatoms. The minimum absolute atomic E-state index is 0.109. The van der Waals surface area contributed by atoms with Crippen LogP contribution in [0.4, 0.5) is 5.69 Å². The number of nitrogens with zero attached hydrogens (tertiary/aromatic N) is 1. The van der Waals surface area contributed by atoms with Crippen molar-refractivity contribution in [3.63, 3.8) is 0 Å². The zero-order chi connectivity index (χ0) is 14.4. The lowest BCUT2D eigenvalue weighted by atomic mass is 10.3. The van der Waals surface area contributed by atoms with Gasteiger partial charge >= 0.3 is 0 Å². The first-order valence-electron chi connectivity index (χ1n) is 6.28. The van der Waals surface area contributed by atoms with Crippen LogP contribution in [0.1, 0.15) is 6.92 Å². The molecule has 0 aliphatic heterocycles. The number of hydrogen-bond donors (Lipinski definition) is 0. The molecule has 2 aromatic carbocycles. The first-order chi connectivity index (χ1) is 9.69. The van der Waals surface area contributed by atoms with Gasteiger partial charge in [0.1, 0.15) is 11.9 Å². The maximum absolute atomic E-state index is 11.8. The molecule has 1 unspecified atom stereocenters. The van der Waals surface area contributed by atoms with E-state index in [4.69, 9.17) is 9.57 Å². The van der Waals surface area contributed by atoms with Gasteiger partial charge < -0.3 is 14.8 Å². The molecule has 0 amide bonds. The van der Waals surface area contributed by atoms with E-state index in [1.54, 1.807) is 54.6 Å². The zero-order valence-electron chi connectivity index (χ0n) is 11.2. The van der Waals surface area contributed by atoms with E-state index in [-0.39, 0.29) is 6.10 Å². The van der Waals surface area contributed by atoms with Gasteiger partial charge in [0, 0.05) is 6.07 Å². The summed E-state index contributed by atoms with van der Waals surface area (Å²) in [7, 11) is 0. The smallest absolute Gasteiger partial charge is 0.157 e. The summed E-state index contributed by atoms with van der Waals surface area (Å²) in [5.74, 6) is 1.04. The zero-order valence-corrected chi connectivity index (χ0v) is 11.2. The Morgan fingerprint density at radius 3 is 2.50 bits per heavy atom. The topological polar surface area (TPSA) is 44.8 Å². The summed E-state index contributed by atoms with van der Waals surface area (Å²) in [6, 6.07) is 15.6. The molecule has 0 aliphatic carbocycles. The Morgan fingerprint density at radius 1 is 1.10 bits per heavy atom. The van der Waals surface area contributed by atoms with E-state index in [1.165, 1.54) is 0 Å². The Morgan fingerprint density at radius 2 is 1.80 bits per heavy atom. The Kier molecular flexibility index (Phi) is 4.63. The van der Waals surface area contributed by atoms with E-state index in [0.29, 0.717) is 22.4 Å². The van der Waals surface area contributed by atoms with E-state index >= 15 is 0 Å². The Balaban J connectivity index is 2.06. The van der Waals surface area contributed by atoms with Crippen molar-refractivity contribution in [2.75, 3.05) is 5.23 Å². The van der Waals surface area contributed by atoms with Crippen molar-refractivity contribution < 1.29 is 9.57 Å². The van der Waals surface area contributed by atoms with E-state index < -0.39 is 0 Å². The van der Waals surface area contributed by atoms with Crippen LogP contribution in [0.5, 0.6) is 11.5 Å². The molecular formula is C16H16NO3-. The van der Waals surface area contributed by atoms with E-state index in [1.807, 2.05) is 13.0 Å². The lowest BCUT2D eigenvalue weighted by molar-refractivity contribution is 0.266. The van der Waals surface area contributed by atoms with Gasteiger partial charge in [0.25, 0.3) is 0 Å². The normalized spacial score (nSPS) is 11.5. The molecule has 0 bridgehead atoms. The highest BCUT2D eigenvalue weighted by Gasteiger charge is 2.03. The molecule has 0 aliphatic rings. The minimum Gasteiger partial charge on any atom is -0.724 e. The molecule has 0 fully saturated rings. The fraction of sp³-hybridized carbons (Fsp3) is 0.125. The van der Waals surface area contributed by atoms with Gasteiger partial charge in [-0.1, -0.05) is 36.9 Å². The van der Waals surface area contributed by atoms with Gasteiger partial charge in [-0.05, 0) is 31.2 Å². The first-order valence-corrected chi connectivity index (χ1v) is 6.28. The summed E-state index contributed by atoms with van der Waals surface area (Å²) in [5, 5.41) is 12.3. The molecule has 0 aromatic heterocycles. The average molecular weight is 270 g/mol. The van der Waals surface area contributed by atoms with Crippen LogP contribution < -0.4 is 14.8 Å². The number of para-hydroxylation sites is 1. The summed E-state index contributed by atoms with van der Waals surface area (Å²) in [4.78, 5) is 5.23. The van der Waals surface area contributed by atoms with Gasteiger partial charge in [-0.25, -0.2) is 0 Å². The Bertz CT molecular complexity index is 557. The van der Waals surface area contributed by atoms with Crippen LogP contribution in [-0.4, -0.2) is 6.10 Å². The van der Waals surface area contributed by atoms with Crippen molar-refractivity contribution >= 4 is 5.69 Å². The van der Waals surface area contributed by atoms with E-state index in [0.717, 1.165) is 0 Å². The van der Waals surface area contributed by atoms with Crippen molar-refractivity contribution in [2.24, 2.45) is 0 Å². The molecule has 0 radical (unpaired) electrons. The predicted octanol–water partition coefficient (Wildman–Crippen LogP) is 3.94. The second-order valence-electron chi connectivity index (χ2n) is 4.22. The molecule has 2 rings (SSSR count). The Hall–Kier alpha value is -2.46. The van der Waals surface area contributed by atoms with Gasteiger partial charge in [-0.15, -0.1) is 0 Å². The van der Waals surface area contributed by atoms with Crippen LogP contribution in [0.15, 0.2) is 67.3 Å². The standard InChI is InChI=1S/C16H16NO3/c1-3-13(2)19-15-10-7-11-16(12-15)20-17(18)14-8-5-4-6-9-14/h3-13H,1H2,2H3/q-1. The highest BCUT2D eigenvalue weighted by molar-refractivity contribution is 5.45. The number of anilines is 1. The second-order valence-corrected chi connectivity index (χ2v) is 4.22. The van der Waals surface area contributed by atoms with E-state index in [2.05, 4.69) is 6.58 Å². The van der Waals surface area contributed by atoms with Gasteiger partial charge in [-0.3, -0.25) is 5.23 Å². The highest BCUT2D eigenvalue weighted by Crippen LogP contribution is 2.23. The third-order valence-corrected chi connectivity index (χ3v) is 2.61. The maximum atomic E-state index is 11.8. The molecule has 0 saturated heterocycles. The number of ether oxygens (including phenoxy) is 1. The summed E-state index contributed by atoms with van der Waals surface area (Å²) >= 11 is 0. The monoisotopic (exact) mass is 270 g/mol. The molecule has 2 aromatic rings. The van der Waals surface area contributed by atoms with Gasteiger partial charge in [0.05, 0.1) is 5.69 Å². The number of hydrogen-bond acceptors (Lipinski definition) is 4. The molecular weight excluding hydrogens is 254 g/mol. The fourth-order valence-corrected chi connectivity index (χ4v) is 1.57. The molecule has 1 atom stereocenters. The van der Waals surface area contributed by atoms with Crippen LogP contribution in [0.3, 0.4) is 0 Å². The minimum atomic E-state index is -0.109. The van der Waals surface area contributed by atoms with Crippen molar-refractivity contribution in [3.8, 4) is 11.5 Å². The largest absolute Gasteiger partial charge is 0.724 e. The van der Waals surface area contributed by atoms with Crippen molar-refractivity contribution in [3.05, 3.63) is 72.5 Å². The quantitative estimate of drug-likeness (QED) is 0.589. The van der Waals surface area contributed by atoms with Crippen LogP contribution in [-0.2, 0) is 0 Å². The van der Waals surface area contributed by atoms with Crippen LogP contribution in [0, 0.1) is 5.21 Å². The molecule has 4 nitrogen and oxygen atoms in total. The maximum Gasteiger partial charge on any atom is 0.157 e. The highest BCUT2D eigenvalue weighted by atomic mass is 16.9. The second kappa shape index (κ2) is 6.63. The molecule has 0 saturated carbocycles. The SMILES string of the molecule is C=CC(C)Oc1cccc(ON([O-])c2ccccc2)c1. The number of rotatable bonds is 6. The lowest BCUT2D eigenvalue weighted by Gasteiger charge is -2.29. The molecule has 0 heterocycles. The number of benzene rings is 2. The molecule has 0 N–H and O–H groups in total. The molecule has 0 spiro atoms. The van der Waals surface area contributed by atoms with Gasteiger partial charge in [0.15, 0.2) is 5.75 Å². The fourth-order valence-electron chi connectivity index (χ4n) is 1.57. The van der Waals surface area contributed by atoms with Crippen molar-refractivity contribution in [1.82, 2.24) is 0 Å².